The third-order valence-corrected chi connectivity index (χ3v) is 5.45. The summed E-state index contributed by atoms with van der Waals surface area (Å²) in [6.45, 7) is 1.81. The zero-order chi connectivity index (χ0) is 16.9. The highest BCUT2D eigenvalue weighted by atomic mass is 32.1. The fraction of sp³-hybridized carbons (Fsp3) is 0.500. The molecule has 1 aromatic carbocycles. The fourth-order valence-corrected chi connectivity index (χ4v) is 3.99. The summed E-state index contributed by atoms with van der Waals surface area (Å²) in [5, 5.41) is 6.33. The third-order valence-electron chi connectivity index (χ3n) is 4.49. The number of rotatable bonds is 6. The first-order valence-electron chi connectivity index (χ1n) is 8.64. The van der Waals surface area contributed by atoms with Crippen LogP contribution in [0.4, 0.5) is 10.8 Å². The molecule has 2 N–H and O–H groups in total. The molecule has 2 aromatic rings. The van der Waals surface area contributed by atoms with Crippen molar-refractivity contribution in [1.29, 1.82) is 0 Å². The Morgan fingerprint density at radius 2 is 2.00 bits per heavy atom. The van der Waals surface area contributed by atoms with Gasteiger partial charge in [0.05, 0.1) is 10.2 Å². The van der Waals surface area contributed by atoms with E-state index in [4.69, 9.17) is 0 Å². The van der Waals surface area contributed by atoms with E-state index in [0.717, 1.165) is 28.2 Å². The molecule has 3 rings (SSSR count). The summed E-state index contributed by atoms with van der Waals surface area (Å²) >= 11 is 1.44. The summed E-state index contributed by atoms with van der Waals surface area (Å²) in [6.07, 6.45) is 7.15. The number of amides is 2. The molecule has 0 saturated heterocycles. The molecular formula is C18H23N3O2S. The zero-order valence-corrected chi connectivity index (χ0v) is 14.7. The first-order valence-corrected chi connectivity index (χ1v) is 9.46. The lowest BCUT2D eigenvalue weighted by Gasteiger charge is -2.09. The second-order valence-corrected chi connectivity index (χ2v) is 7.37. The number of benzene rings is 1. The normalized spacial score (nSPS) is 14.9. The maximum absolute atomic E-state index is 12.1. The van der Waals surface area contributed by atoms with Crippen LogP contribution in [0.2, 0.25) is 0 Å². The maximum Gasteiger partial charge on any atom is 0.225 e. The molecule has 1 heterocycles. The molecule has 1 saturated carbocycles. The molecular weight excluding hydrogens is 322 g/mol. The van der Waals surface area contributed by atoms with Gasteiger partial charge in [-0.1, -0.05) is 43.9 Å². The molecule has 128 valence electrons. The summed E-state index contributed by atoms with van der Waals surface area (Å²) in [4.78, 5) is 28.0. The van der Waals surface area contributed by atoms with Crippen LogP contribution >= 0.6 is 11.3 Å². The minimum atomic E-state index is -0.0468. The fourth-order valence-electron chi connectivity index (χ4n) is 3.12. The quantitative estimate of drug-likeness (QED) is 0.806. The van der Waals surface area contributed by atoms with Gasteiger partial charge in [-0.3, -0.25) is 9.59 Å². The van der Waals surface area contributed by atoms with E-state index < -0.39 is 0 Å². The highest BCUT2D eigenvalue weighted by Gasteiger charge is 2.16. The monoisotopic (exact) mass is 345 g/mol. The molecule has 1 aliphatic rings. The van der Waals surface area contributed by atoms with Crippen LogP contribution in [-0.4, -0.2) is 16.8 Å². The van der Waals surface area contributed by atoms with Gasteiger partial charge in [0.1, 0.15) is 0 Å². The maximum atomic E-state index is 12.1. The second kappa shape index (κ2) is 7.75. The van der Waals surface area contributed by atoms with E-state index in [0.29, 0.717) is 18.0 Å². The summed E-state index contributed by atoms with van der Waals surface area (Å²) < 4.78 is 0.991. The molecule has 0 bridgehead atoms. The first-order chi connectivity index (χ1) is 11.6. The van der Waals surface area contributed by atoms with Crippen molar-refractivity contribution in [1.82, 2.24) is 4.98 Å². The van der Waals surface area contributed by atoms with Crippen molar-refractivity contribution in [2.45, 2.75) is 51.9 Å². The van der Waals surface area contributed by atoms with Crippen LogP contribution in [0.5, 0.6) is 0 Å². The smallest absolute Gasteiger partial charge is 0.225 e. The van der Waals surface area contributed by atoms with E-state index in [1.165, 1.54) is 37.0 Å². The van der Waals surface area contributed by atoms with Crippen LogP contribution in [-0.2, 0) is 9.59 Å². The Balaban J connectivity index is 1.59. The molecule has 1 aromatic heterocycles. The Kier molecular flexibility index (Phi) is 5.45. The Morgan fingerprint density at radius 3 is 2.75 bits per heavy atom. The van der Waals surface area contributed by atoms with E-state index in [1.807, 2.05) is 25.1 Å². The van der Waals surface area contributed by atoms with Crippen molar-refractivity contribution in [3.8, 4) is 0 Å². The summed E-state index contributed by atoms with van der Waals surface area (Å²) in [7, 11) is 0. The Labute approximate surface area is 145 Å². The average molecular weight is 345 g/mol. The standard InChI is InChI=1S/C18H23N3O2S/c1-2-16(22)21-18-20-14-11-13(8-9-15(14)24-18)19-17(23)10-7-12-5-3-4-6-12/h8-9,11-12H,2-7,10H2,1H3,(H,19,23)(H,20,21,22). The van der Waals surface area contributed by atoms with Crippen molar-refractivity contribution in [2.75, 3.05) is 10.6 Å². The molecule has 1 aliphatic carbocycles. The van der Waals surface area contributed by atoms with E-state index in [1.54, 1.807) is 0 Å². The molecule has 0 aliphatic heterocycles. The van der Waals surface area contributed by atoms with Gasteiger partial charge in [-0.05, 0) is 30.5 Å². The minimum absolute atomic E-state index is 0.0468. The number of hydrogen-bond acceptors (Lipinski definition) is 4. The van der Waals surface area contributed by atoms with Gasteiger partial charge in [0.2, 0.25) is 11.8 Å². The van der Waals surface area contributed by atoms with Crippen LogP contribution in [0.15, 0.2) is 18.2 Å². The number of aromatic nitrogens is 1. The highest BCUT2D eigenvalue weighted by molar-refractivity contribution is 7.22. The lowest BCUT2D eigenvalue weighted by Crippen LogP contribution is -2.12. The van der Waals surface area contributed by atoms with Crippen molar-refractivity contribution in [2.24, 2.45) is 5.92 Å². The van der Waals surface area contributed by atoms with Gasteiger partial charge in [0, 0.05) is 18.5 Å². The largest absolute Gasteiger partial charge is 0.326 e. The van der Waals surface area contributed by atoms with Crippen molar-refractivity contribution < 1.29 is 9.59 Å². The van der Waals surface area contributed by atoms with Gasteiger partial charge >= 0.3 is 0 Å². The van der Waals surface area contributed by atoms with Crippen molar-refractivity contribution >= 4 is 44.2 Å². The Bertz CT molecular complexity index is 735. The van der Waals surface area contributed by atoms with Crippen molar-refractivity contribution in [3.63, 3.8) is 0 Å². The summed E-state index contributed by atoms with van der Waals surface area (Å²) in [6, 6.07) is 5.68. The van der Waals surface area contributed by atoms with E-state index in [9.17, 15) is 9.59 Å². The van der Waals surface area contributed by atoms with Crippen molar-refractivity contribution in [3.05, 3.63) is 18.2 Å². The van der Waals surface area contributed by atoms with Gasteiger partial charge in [-0.15, -0.1) is 0 Å². The molecule has 0 atom stereocenters. The Morgan fingerprint density at radius 1 is 1.21 bits per heavy atom. The molecule has 0 unspecified atom stereocenters. The number of anilines is 2. The summed E-state index contributed by atoms with van der Waals surface area (Å²) in [5.74, 6) is 0.743. The number of thiazole rings is 1. The predicted octanol–water partition coefficient (Wildman–Crippen LogP) is 4.55. The van der Waals surface area contributed by atoms with E-state index >= 15 is 0 Å². The molecule has 0 spiro atoms. The van der Waals surface area contributed by atoms with Crippen LogP contribution < -0.4 is 10.6 Å². The van der Waals surface area contributed by atoms with Crippen LogP contribution in [0.3, 0.4) is 0 Å². The lowest BCUT2D eigenvalue weighted by atomic mass is 10.0. The van der Waals surface area contributed by atoms with Gasteiger partial charge in [0.15, 0.2) is 5.13 Å². The molecule has 24 heavy (non-hydrogen) atoms. The number of hydrogen-bond donors (Lipinski definition) is 2. The number of nitrogens with zero attached hydrogens (tertiary/aromatic N) is 1. The third kappa shape index (κ3) is 4.32. The molecule has 0 radical (unpaired) electrons. The van der Waals surface area contributed by atoms with Gasteiger partial charge in [-0.2, -0.15) is 0 Å². The Hall–Kier alpha value is -1.95. The molecule has 6 heteroatoms. The van der Waals surface area contributed by atoms with Gasteiger partial charge in [0.25, 0.3) is 0 Å². The zero-order valence-electron chi connectivity index (χ0n) is 13.9. The first kappa shape index (κ1) is 16.9. The predicted molar refractivity (Wildman–Crippen MR) is 98.4 cm³/mol. The molecule has 2 amide bonds. The molecule has 5 nitrogen and oxygen atoms in total. The van der Waals surface area contributed by atoms with Gasteiger partial charge in [-0.25, -0.2) is 4.98 Å². The topological polar surface area (TPSA) is 71.1 Å². The van der Waals surface area contributed by atoms with Crippen LogP contribution in [0.25, 0.3) is 10.2 Å². The number of nitrogens with one attached hydrogen (secondary N) is 2. The highest BCUT2D eigenvalue weighted by Crippen LogP contribution is 2.30. The average Bonchev–Trinajstić information content (AvgIpc) is 3.21. The number of fused-ring (bicyclic) bond motifs is 1. The van der Waals surface area contributed by atoms with E-state index in [2.05, 4.69) is 15.6 Å². The number of carbonyl (C=O) groups excluding carboxylic acids is 2. The second-order valence-electron chi connectivity index (χ2n) is 6.34. The molecule has 1 fully saturated rings. The SMILES string of the molecule is CCC(=O)Nc1nc2cc(NC(=O)CCC3CCCC3)ccc2s1. The lowest BCUT2D eigenvalue weighted by molar-refractivity contribution is -0.117. The number of carbonyl (C=O) groups is 2. The van der Waals surface area contributed by atoms with Crippen LogP contribution in [0, 0.1) is 5.92 Å². The van der Waals surface area contributed by atoms with E-state index in [-0.39, 0.29) is 11.8 Å². The van der Waals surface area contributed by atoms with Crippen LogP contribution in [0.1, 0.15) is 51.9 Å². The van der Waals surface area contributed by atoms with Gasteiger partial charge < -0.3 is 10.6 Å². The minimum Gasteiger partial charge on any atom is -0.326 e. The summed E-state index contributed by atoms with van der Waals surface area (Å²) in [5.41, 5.74) is 1.55.